The second-order valence-corrected chi connectivity index (χ2v) is 1.24. The van der Waals surface area contributed by atoms with E-state index in [-0.39, 0.29) is 5.71 Å². The van der Waals surface area contributed by atoms with Crippen molar-refractivity contribution in [2.24, 2.45) is 4.99 Å². The van der Waals surface area contributed by atoms with E-state index in [1.165, 1.54) is 0 Å². The summed E-state index contributed by atoms with van der Waals surface area (Å²) in [6.07, 6.45) is -0.490. The van der Waals surface area contributed by atoms with Crippen LogP contribution in [0.4, 0.5) is 8.78 Å². The Morgan fingerprint density at radius 1 is 1.44 bits per heavy atom. The topological polar surface area (TPSA) is 12.4 Å². The van der Waals surface area contributed by atoms with Gasteiger partial charge in [0.1, 0.15) is 5.71 Å². The maximum Gasteiger partial charge on any atom is 0.280 e. The van der Waals surface area contributed by atoms with Crippen molar-refractivity contribution in [1.82, 2.24) is 0 Å². The maximum absolute atomic E-state index is 11.6. The molecule has 0 unspecified atom stereocenters. The number of alkyl halides is 2. The van der Waals surface area contributed by atoms with Gasteiger partial charge in [-0.25, -0.2) is 8.78 Å². The number of hydrogen-bond acceptors (Lipinski definition) is 1. The first-order valence-corrected chi connectivity index (χ1v) is 2.31. The lowest BCUT2D eigenvalue weighted by Crippen LogP contribution is -2.04. The molecule has 50 valence electrons. The van der Waals surface area contributed by atoms with Crippen LogP contribution in [0.2, 0.25) is 0 Å². The summed E-state index contributed by atoms with van der Waals surface area (Å²) in [7, 11) is 0. The first-order chi connectivity index (χ1) is 4.22. The summed E-state index contributed by atoms with van der Waals surface area (Å²) in [5.41, 5.74) is -0.343. The highest BCUT2D eigenvalue weighted by atomic mass is 19.3. The second-order valence-electron chi connectivity index (χ2n) is 1.24. The molecule has 0 N–H and O–H groups in total. The molecule has 0 aliphatic carbocycles. The summed E-state index contributed by atoms with van der Waals surface area (Å²) >= 11 is 0. The fraction of sp³-hybridized carbons (Fsp3) is 0.167. The molecule has 0 saturated carbocycles. The Morgan fingerprint density at radius 3 is 2.11 bits per heavy atom. The van der Waals surface area contributed by atoms with E-state index in [0.29, 0.717) is 0 Å². The van der Waals surface area contributed by atoms with E-state index in [9.17, 15) is 8.78 Å². The van der Waals surface area contributed by atoms with Gasteiger partial charge in [0.25, 0.3) is 6.43 Å². The van der Waals surface area contributed by atoms with Gasteiger partial charge in [-0.3, -0.25) is 4.99 Å². The summed E-state index contributed by atoms with van der Waals surface area (Å²) in [5.74, 6) is 0. The minimum atomic E-state index is -2.56. The van der Waals surface area contributed by atoms with Gasteiger partial charge in [0.15, 0.2) is 0 Å². The van der Waals surface area contributed by atoms with Crippen molar-refractivity contribution in [3.63, 3.8) is 0 Å². The van der Waals surface area contributed by atoms with E-state index in [2.05, 4.69) is 18.2 Å². The molecule has 0 amide bonds. The lowest BCUT2D eigenvalue weighted by Gasteiger charge is -1.93. The molecule has 9 heavy (non-hydrogen) atoms. The van der Waals surface area contributed by atoms with Crippen LogP contribution in [0.1, 0.15) is 0 Å². The van der Waals surface area contributed by atoms with Crippen LogP contribution in [0.3, 0.4) is 0 Å². The van der Waals surface area contributed by atoms with Gasteiger partial charge in [0, 0.05) is 6.20 Å². The van der Waals surface area contributed by atoms with E-state index < -0.39 is 6.43 Å². The SMILES string of the molecule is C=CN=C(C=C)C(F)F. The van der Waals surface area contributed by atoms with Crippen molar-refractivity contribution in [2.75, 3.05) is 0 Å². The zero-order chi connectivity index (χ0) is 7.28. The van der Waals surface area contributed by atoms with E-state index in [1.807, 2.05) is 0 Å². The molecular weight excluding hydrogens is 124 g/mol. The molecule has 0 radical (unpaired) electrons. The highest BCUT2D eigenvalue weighted by molar-refractivity contribution is 5.97. The summed E-state index contributed by atoms with van der Waals surface area (Å²) in [4.78, 5) is 3.25. The minimum absolute atomic E-state index is 0.343. The molecule has 0 aliphatic rings. The molecule has 0 fully saturated rings. The Hall–Kier alpha value is -0.990. The van der Waals surface area contributed by atoms with Crippen molar-refractivity contribution >= 4 is 5.71 Å². The number of nitrogens with zero attached hydrogens (tertiary/aromatic N) is 1. The van der Waals surface area contributed by atoms with Crippen LogP contribution >= 0.6 is 0 Å². The molecule has 0 rings (SSSR count). The zero-order valence-electron chi connectivity index (χ0n) is 4.85. The van der Waals surface area contributed by atoms with Gasteiger partial charge < -0.3 is 0 Å². The fourth-order valence-corrected chi connectivity index (χ4v) is 0.304. The summed E-state index contributed by atoms with van der Waals surface area (Å²) in [5, 5.41) is 0. The van der Waals surface area contributed by atoms with Gasteiger partial charge in [0.2, 0.25) is 0 Å². The van der Waals surface area contributed by atoms with Gasteiger partial charge in [-0.15, -0.1) is 0 Å². The van der Waals surface area contributed by atoms with Crippen molar-refractivity contribution < 1.29 is 8.78 Å². The van der Waals surface area contributed by atoms with Crippen molar-refractivity contribution in [1.29, 1.82) is 0 Å². The lowest BCUT2D eigenvalue weighted by atomic mass is 10.4. The summed E-state index contributed by atoms with van der Waals surface area (Å²) in [6.45, 7) is 6.30. The number of rotatable bonds is 3. The minimum Gasteiger partial charge on any atom is -0.256 e. The molecule has 0 heterocycles. The Morgan fingerprint density at radius 2 is 2.00 bits per heavy atom. The Balaban J connectivity index is 4.13. The molecule has 0 aliphatic heterocycles. The third-order valence-corrected chi connectivity index (χ3v) is 0.673. The molecule has 0 spiro atoms. The van der Waals surface area contributed by atoms with Gasteiger partial charge in [0.05, 0.1) is 0 Å². The number of halogens is 2. The largest absolute Gasteiger partial charge is 0.280 e. The van der Waals surface area contributed by atoms with Crippen molar-refractivity contribution in [2.45, 2.75) is 6.43 Å². The van der Waals surface area contributed by atoms with Crippen LogP contribution in [0.25, 0.3) is 0 Å². The van der Waals surface area contributed by atoms with E-state index >= 15 is 0 Å². The third-order valence-electron chi connectivity index (χ3n) is 0.673. The quantitative estimate of drug-likeness (QED) is 0.519. The highest BCUT2D eigenvalue weighted by Crippen LogP contribution is 1.97. The first kappa shape index (κ1) is 8.01. The van der Waals surface area contributed by atoms with E-state index in [4.69, 9.17) is 0 Å². The van der Waals surface area contributed by atoms with Crippen LogP contribution in [0.15, 0.2) is 30.4 Å². The lowest BCUT2D eigenvalue weighted by molar-refractivity contribution is 0.227. The van der Waals surface area contributed by atoms with Gasteiger partial charge in [-0.05, 0) is 6.08 Å². The van der Waals surface area contributed by atoms with Gasteiger partial charge in [-0.2, -0.15) is 0 Å². The van der Waals surface area contributed by atoms with Gasteiger partial charge >= 0.3 is 0 Å². The molecule has 0 bridgehead atoms. The fourth-order valence-electron chi connectivity index (χ4n) is 0.304. The zero-order valence-corrected chi connectivity index (χ0v) is 4.85. The normalized spacial score (nSPS) is 11.7. The van der Waals surface area contributed by atoms with E-state index in [1.54, 1.807) is 0 Å². The van der Waals surface area contributed by atoms with Crippen LogP contribution in [0, 0.1) is 0 Å². The Kier molecular flexibility index (Phi) is 3.51. The molecule has 0 saturated heterocycles. The molecule has 3 heteroatoms. The molecule has 0 aromatic rings. The molecule has 0 aromatic heterocycles. The Bertz CT molecular complexity index is 138. The van der Waals surface area contributed by atoms with Crippen LogP contribution in [-0.4, -0.2) is 12.1 Å². The number of allylic oxidation sites excluding steroid dienone is 1. The first-order valence-electron chi connectivity index (χ1n) is 2.31. The van der Waals surface area contributed by atoms with Crippen LogP contribution in [0.5, 0.6) is 0 Å². The monoisotopic (exact) mass is 131 g/mol. The smallest absolute Gasteiger partial charge is 0.256 e. The highest BCUT2D eigenvalue weighted by Gasteiger charge is 2.06. The standard InChI is InChI=1S/C6H7F2N/c1-3-5(6(7)8)9-4-2/h3-4,6H,1-2H2. The molecular formula is C6H7F2N. The number of hydrogen-bond donors (Lipinski definition) is 0. The third kappa shape index (κ3) is 2.74. The molecule has 0 aromatic carbocycles. The van der Waals surface area contributed by atoms with E-state index in [0.717, 1.165) is 12.3 Å². The molecule has 0 atom stereocenters. The van der Waals surface area contributed by atoms with Crippen molar-refractivity contribution in [3.05, 3.63) is 25.4 Å². The van der Waals surface area contributed by atoms with Crippen LogP contribution < -0.4 is 0 Å². The predicted molar refractivity (Wildman–Crippen MR) is 33.8 cm³/mol. The second kappa shape index (κ2) is 3.95. The average molecular weight is 131 g/mol. The average Bonchev–Trinajstić information content (AvgIpc) is 1.82. The predicted octanol–water partition coefficient (Wildman–Crippen LogP) is 2.02. The molecule has 1 nitrogen and oxygen atoms in total. The Labute approximate surface area is 52.4 Å². The summed E-state index contributed by atoms with van der Waals surface area (Å²) < 4.78 is 23.3. The summed E-state index contributed by atoms with van der Waals surface area (Å²) in [6, 6.07) is 0. The van der Waals surface area contributed by atoms with Gasteiger partial charge in [-0.1, -0.05) is 13.2 Å². The van der Waals surface area contributed by atoms with Crippen molar-refractivity contribution in [3.8, 4) is 0 Å². The van der Waals surface area contributed by atoms with Crippen LogP contribution in [-0.2, 0) is 0 Å². The maximum atomic E-state index is 11.6. The number of aliphatic imine (C=N–C) groups is 1.